The summed E-state index contributed by atoms with van der Waals surface area (Å²) in [4.78, 5) is 34.0. The molecule has 0 radical (unpaired) electrons. The molecule has 2 aromatic heterocycles. The number of nitrogens with zero attached hydrogens (tertiary/aromatic N) is 3. The predicted octanol–water partition coefficient (Wildman–Crippen LogP) is 1.64. The highest BCUT2D eigenvalue weighted by molar-refractivity contribution is 7.99. The quantitative estimate of drug-likeness (QED) is 0.697. The Morgan fingerprint density at radius 3 is 2.55 bits per heavy atom. The number of piperidine rings is 1. The lowest BCUT2D eigenvalue weighted by Crippen LogP contribution is -2.41. The van der Waals surface area contributed by atoms with E-state index >= 15 is 0 Å². The van der Waals surface area contributed by atoms with E-state index in [1.165, 1.54) is 16.6 Å². The molecule has 2 amide bonds. The van der Waals surface area contributed by atoms with Gasteiger partial charge in [0.2, 0.25) is 15.9 Å². The van der Waals surface area contributed by atoms with E-state index in [4.69, 9.17) is 0 Å². The first kappa shape index (κ1) is 21.8. The lowest BCUT2D eigenvalue weighted by Gasteiger charge is -2.31. The zero-order valence-corrected chi connectivity index (χ0v) is 18.6. The molecule has 4 rings (SSSR count). The maximum absolute atomic E-state index is 12.9. The van der Waals surface area contributed by atoms with Crippen molar-refractivity contribution in [1.29, 1.82) is 0 Å². The van der Waals surface area contributed by atoms with Crippen LogP contribution in [0.3, 0.4) is 0 Å². The molecule has 0 aromatic carbocycles. The third-order valence-electron chi connectivity index (χ3n) is 5.56. The maximum Gasteiger partial charge on any atom is 0.270 e. The Labute approximate surface area is 185 Å². The fourth-order valence-electron chi connectivity index (χ4n) is 3.76. The number of aromatic nitrogens is 2. The highest BCUT2D eigenvalue weighted by atomic mass is 32.2. The monoisotopic (exact) mass is 463 g/mol. The summed E-state index contributed by atoms with van der Waals surface area (Å²) in [6.07, 6.45) is 4.09. The van der Waals surface area contributed by atoms with E-state index in [0.29, 0.717) is 44.8 Å². The molecule has 0 atom stereocenters. The van der Waals surface area contributed by atoms with Crippen molar-refractivity contribution in [1.82, 2.24) is 19.2 Å². The van der Waals surface area contributed by atoms with Gasteiger partial charge in [-0.1, -0.05) is 6.07 Å². The van der Waals surface area contributed by atoms with Crippen LogP contribution in [0.2, 0.25) is 0 Å². The van der Waals surface area contributed by atoms with Crippen LogP contribution < -0.4 is 5.32 Å². The highest BCUT2D eigenvalue weighted by Crippen LogP contribution is 2.23. The van der Waals surface area contributed by atoms with Crippen molar-refractivity contribution in [2.24, 2.45) is 5.92 Å². The zero-order chi connectivity index (χ0) is 21.8. The number of hydrogen-bond acceptors (Lipinski definition) is 6. The molecule has 2 aliphatic rings. The third-order valence-corrected chi connectivity index (χ3v) is 8.38. The van der Waals surface area contributed by atoms with Gasteiger partial charge in [0.1, 0.15) is 16.4 Å². The zero-order valence-electron chi connectivity index (χ0n) is 17.0. The number of H-pyrrole nitrogens is 1. The van der Waals surface area contributed by atoms with Gasteiger partial charge in [-0.05, 0) is 31.0 Å². The number of nitrogens with one attached hydrogen (secondary N) is 2. The van der Waals surface area contributed by atoms with Gasteiger partial charge < -0.3 is 15.2 Å². The van der Waals surface area contributed by atoms with E-state index in [1.807, 2.05) is 0 Å². The van der Waals surface area contributed by atoms with Crippen LogP contribution >= 0.6 is 11.8 Å². The number of anilines is 1. The SMILES string of the molecule is O=C(Nc1ccccn1)C1CCN(C(=O)c2cc(S(=O)(=O)N3CCSCC3)c[nH]2)CC1. The summed E-state index contributed by atoms with van der Waals surface area (Å²) >= 11 is 1.73. The summed E-state index contributed by atoms with van der Waals surface area (Å²) in [5, 5.41) is 2.81. The number of carbonyl (C=O) groups excluding carboxylic acids is 2. The van der Waals surface area contributed by atoms with Crippen molar-refractivity contribution in [3.05, 3.63) is 42.4 Å². The molecule has 0 spiro atoms. The molecule has 31 heavy (non-hydrogen) atoms. The highest BCUT2D eigenvalue weighted by Gasteiger charge is 2.31. The Hall–Kier alpha value is -2.37. The number of aromatic amines is 1. The predicted molar refractivity (Wildman–Crippen MR) is 118 cm³/mol. The van der Waals surface area contributed by atoms with E-state index in [1.54, 1.807) is 41.1 Å². The average molecular weight is 464 g/mol. The minimum atomic E-state index is -3.60. The molecule has 2 saturated heterocycles. The molecule has 2 N–H and O–H groups in total. The van der Waals surface area contributed by atoms with Gasteiger partial charge in [-0.15, -0.1) is 0 Å². The van der Waals surface area contributed by atoms with Crippen molar-refractivity contribution in [2.45, 2.75) is 17.7 Å². The van der Waals surface area contributed by atoms with Gasteiger partial charge in [-0.2, -0.15) is 16.1 Å². The van der Waals surface area contributed by atoms with E-state index in [-0.39, 0.29) is 28.3 Å². The van der Waals surface area contributed by atoms with Crippen molar-refractivity contribution < 1.29 is 18.0 Å². The van der Waals surface area contributed by atoms with E-state index < -0.39 is 10.0 Å². The number of amides is 2. The molecule has 0 aliphatic carbocycles. The van der Waals surface area contributed by atoms with Gasteiger partial charge in [-0.3, -0.25) is 9.59 Å². The van der Waals surface area contributed by atoms with Crippen LogP contribution in [0.25, 0.3) is 0 Å². The van der Waals surface area contributed by atoms with Crippen molar-refractivity contribution in [3.8, 4) is 0 Å². The second-order valence-electron chi connectivity index (χ2n) is 7.54. The van der Waals surface area contributed by atoms with E-state index in [9.17, 15) is 18.0 Å². The Kier molecular flexibility index (Phi) is 6.63. The largest absolute Gasteiger partial charge is 0.356 e. The average Bonchev–Trinajstić information content (AvgIpc) is 3.31. The summed E-state index contributed by atoms with van der Waals surface area (Å²) in [6, 6.07) is 6.73. The summed E-state index contributed by atoms with van der Waals surface area (Å²) in [5.74, 6) is 1.52. The number of rotatable bonds is 5. The fourth-order valence-corrected chi connectivity index (χ4v) is 6.33. The van der Waals surface area contributed by atoms with Gasteiger partial charge in [0.25, 0.3) is 5.91 Å². The Morgan fingerprint density at radius 1 is 1.13 bits per heavy atom. The lowest BCUT2D eigenvalue weighted by atomic mass is 9.95. The number of sulfonamides is 1. The van der Waals surface area contributed by atoms with Crippen LogP contribution in [-0.4, -0.2) is 77.1 Å². The van der Waals surface area contributed by atoms with Crippen molar-refractivity contribution >= 4 is 39.4 Å². The molecule has 0 bridgehead atoms. The minimum absolute atomic E-state index is 0.0984. The maximum atomic E-state index is 12.9. The molecule has 2 aromatic rings. The molecular weight excluding hydrogens is 438 g/mol. The standard InChI is InChI=1S/C20H25N5O4S2/c26-19(23-18-3-1-2-6-21-18)15-4-7-24(8-5-15)20(27)17-13-16(14-22-17)31(28,29)25-9-11-30-12-10-25/h1-3,6,13-15,22H,4-5,7-12H2,(H,21,23,26). The molecular formula is C20H25N5O4S2. The van der Waals surface area contributed by atoms with Crippen molar-refractivity contribution in [2.75, 3.05) is 43.0 Å². The number of hydrogen-bond donors (Lipinski definition) is 2. The Bertz CT molecular complexity index is 1030. The normalized spacial score (nSPS) is 18.6. The lowest BCUT2D eigenvalue weighted by molar-refractivity contribution is -0.121. The van der Waals surface area contributed by atoms with Gasteiger partial charge >= 0.3 is 0 Å². The smallest absolute Gasteiger partial charge is 0.270 e. The number of carbonyl (C=O) groups is 2. The van der Waals surface area contributed by atoms with Gasteiger partial charge in [-0.25, -0.2) is 13.4 Å². The second kappa shape index (κ2) is 9.41. The number of likely N-dealkylation sites (tertiary alicyclic amines) is 1. The first-order valence-electron chi connectivity index (χ1n) is 10.2. The molecule has 0 unspecified atom stereocenters. The molecule has 11 heteroatoms. The van der Waals surface area contributed by atoms with Gasteiger partial charge in [0.15, 0.2) is 0 Å². The topological polar surface area (TPSA) is 115 Å². The molecule has 9 nitrogen and oxygen atoms in total. The van der Waals surface area contributed by atoms with Crippen LogP contribution in [0.1, 0.15) is 23.3 Å². The molecule has 4 heterocycles. The summed E-state index contributed by atoms with van der Waals surface area (Å²) in [7, 11) is -3.60. The Balaban J connectivity index is 1.34. The second-order valence-corrected chi connectivity index (χ2v) is 10.7. The van der Waals surface area contributed by atoms with Crippen LogP contribution in [-0.2, 0) is 14.8 Å². The minimum Gasteiger partial charge on any atom is -0.356 e. The third kappa shape index (κ3) is 4.94. The summed E-state index contributed by atoms with van der Waals surface area (Å²) in [6.45, 7) is 1.83. The fraction of sp³-hybridized carbons (Fsp3) is 0.450. The summed E-state index contributed by atoms with van der Waals surface area (Å²) in [5.41, 5.74) is 0.251. The molecule has 0 saturated carbocycles. The first-order valence-corrected chi connectivity index (χ1v) is 12.8. The van der Waals surface area contributed by atoms with Gasteiger partial charge in [0, 0.05) is 56.0 Å². The number of pyridine rings is 1. The van der Waals surface area contributed by atoms with Crippen LogP contribution in [0.4, 0.5) is 5.82 Å². The van der Waals surface area contributed by atoms with Crippen LogP contribution in [0.15, 0.2) is 41.6 Å². The summed E-state index contributed by atoms with van der Waals surface area (Å²) < 4.78 is 27.0. The molecule has 2 fully saturated rings. The Morgan fingerprint density at radius 2 is 1.87 bits per heavy atom. The van der Waals surface area contributed by atoms with Crippen LogP contribution in [0.5, 0.6) is 0 Å². The number of thioether (sulfide) groups is 1. The van der Waals surface area contributed by atoms with Gasteiger partial charge in [0.05, 0.1) is 0 Å². The van der Waals surface area contributed by atoms with Crippen LogP contribution in [0, 0.1) is 5.92 Å². The van der Waals surface area contributed by atoms with Crippen molar-refractivity contribution in [3.63, 3.8) is 0 Å². The van der Waals surface area contributed by atoms with E-state index in [2.05, 4.69) is 15.3 Å². The first-order chi connectivity index (χ1) is 14.9. The van der Waals surface area contributed by atoms with E-state index in [0.717, 1.165) is 11.5 Å². The molecule has 2 aliphatic heterocycles. The molecule has 166 valence electrons.